The van der Waals surface area contributed by atoms with Gasteiger partial charge in [-0.2, -0.15) is 0 Å². The number of likely N-dealkylation sites (tertiary alicyclic amines) is 1. The lowest BCUT2D eigenvalue weighted by Gasteiger charge is -2.15. The molecule has 1 N–H and O–H groups in total. The van der Waals surface area contributed by atoms with Gasteiger partial charge in [0.2, 0.25) is 0 Å². The third-order valence-electron chi connectivity index (χ3n) is 4.58. The molecule has 3 heteroatoms. The van der Waals surface area contributed by atoms with Gasteiger partial charge in [-0.3, -0.25) is 4.79 Å². The standard InChI is InChI=1S/C22H26N2O/c25-22(23-14-9-17-24-15-7-8-16-24)21(20-12-5-2-6-13-20)18-19-10-3-1-4-11-19/h1-6,10-13,18H,7-9,14-17H2,(H,23,25)/b21-18+. The van der Waals surface area contributed by atoms with E-state index < -0.39 is 0 Å². The van der Waals surface area contributed by atoms with E-state index in [1.165, 1.54) is 25.9 Å². The number of carbonyl (C=O) groups is 1. The minimum Gasteiger partial charge on any atom is -0.352 e. The Morgan fingerprint density at radius 2 is 1.60 bits per heavy atom. The molecule has 2 aromatic carbocycles. The summed E-state index contributed by atoms with van der Waals surface area (Å²) in [5.41, 5.74) is 2.70. The van der Waals surface area contributed by atoms with Gasteiger partial charge >= 0.3 is 0 Å². The second kappa shape index (κ2) is 9.19. The molecule has 1 heterocycles. The predicted molar refractivity (Wildman–Crippen MR) is 104 cm³/mol. The topological polar surface area (TPSA) is 32.3 Å². The molecule has 130 valence electrons. The molecule has 0 saturated carbocycles. The van der Waals surface area contributed by atoms with Crippen molar-refractivity contribution in [2.75, 3.05) is 26.2 Å². The van der Waals surface area contributed by atoms with E-state index in [0.717, 1.165) is 24.1 Å². The molecular formula is C22H26N2O. The van der Waals surface area contributed by atoms with Crippen LogP contribution in [0.4, 0.5) is 0 Å². The van der Waals surface area contributed by atoms with Crippen LogP contribution in [-0.4, -0.2) is 37.0 Å². The fourth-order valence-corrected chi connectivity index (χ4v) is 3.22. The number of nitrogens with one attached hydrogen (secondary N) is 1. The summed E-state index contributed by atoms with van der Waals surface area (Å²) < 4.78 is 0. The van der Waals surface area contributed by atoms with Crippen LogP contribution in [0.15, 0.2) is 60.7 Å². The smallest absolute Gasteiger partial charge is 0.251 e. The Hall–Kier alpha value is -2.39. The second-order valence-electron chi connectivity index (χ2n) is 6.49. The zero-order valence-corrected chi connectivity index (χ0v) is 14.7. The van der Waals surface area contributed by atoms with Crippen molar-refractivity contribution >= 4 is 17.6 Å². The lowest BCUT2D eigenvalue weighted by atomic mass is 10.0. The Balaban J connectivity index is 1.64. The van der Waals surface area contributed by atoms with E-state index in [4.69, 9.17) is 0 Å². The SMILES string of the molecule is O=C(NCCCN1CCCC1)/C(=C/c1ccccc1)c1ccccc1. The average molecular weight is 334 g/mol. The second-order valence-corrected chi connectivity index (χ2v) is 6.49. The van der Waals surface area contributed by atoms with Crippen LogP contribution < -0.4 is 5.32 Å². The zero-order chi connectivity index (χ0) is 17.3. The number of nitrogens with zero attached hydrogens (tertiary/aromatic N) is 1. The quantitative estimate of drug-likeness (QED) is 0.474. The Bertz CT molecular complexity index is 688. The number of amides is 1. The minimum atomic E-state index is -0.00326. The Kier molecular flexibility index (Phi) is 6.41. The first-order valence-electron chi connectivity index (χ1n) is 9.16. The third-order valence-corrected chi connectivity index (χ3v) is 4.58. The van der Waals surface area contributed by atoms with E-state index in [2.05, 4.69) is 10.2 Å². The Morgan fingerprint density at radius 3 is 2.28 bits per heavy atom. The lowest BCUT2D eigenvalue weighted by molar-refractivity contribution is -0.115. The summed E-state index contributed by atoms with van der Waals surface area (Å²) in [6.45, 7) is 4.20. The number of benzene rings is 2. The van der Waals surface area contributed by atoms with Crippen molar-refractivity contribution < 1.29 is 4.79 Å². The van der Waals surface area contributed by atoms with Gasteiger partial charge in [-0.05, 0) is 56.1 Å². The summed E-state index contributed by atoms with van der Waals surface area (Å²) in [6.07, 6.45) is 5.58. The first-order valence-corrected chi connectivity index (χ1v) is 9.16. The maximum absolute atomic E-state index is 12.8. The fourth-order valence-electron chi connectivity index (χ4n) is 3.22. The van der Waals surface area contributed by atoms with E-state index in [-0.39, 0.29) is 5.91 Å². The normalized spacial score (nSPS) is 15.3. The van der Waals surface area contributed by atoms with Crippen molar-refractivity contribution in [3.05, 3.63) is 71.8 Å². The van der Waals surface area contributed by atoms with Gasteiger partial charge in [0.25, 0.3) is 5.91 Å². The van der Waals surface area contributed by atoms with Crippen LogP contribution in [0.25, 0.3) is 11.6 Å². The maximum atomic E-state index is 12.8. The number of carbonyl (C=O) groups excluding carboxylic acids is 1. The van der Waals surface area contributed by atoms with Gasteiger partial charge in [-0.15, -0.1) is 0 Å². The molecule has 0 atom stereocenters. The van der Waals surface area contributed by atoms with E-state index in [1.54, 1.807) is 0 Å². The molecule has 3 rings (SSSR count). The van der Waals surface area contributed by atoms with Gasteiger partial charge in [0.15, 0.2) is 0 Å². The number of hydrogen-bond donors (Lipinski definition) is 1. The zero-order valence-electron chi connectivity index (χ0n) is 14.7. The lowest BCUT2D eigenvalue weighted by Crippen LogP contribution is -2.29. The van der Waals surface area contributed by atoms with Crippen molar-refractivity contribution in [1.29, 1.82) is 0 Å². The summed E-state index contributed by atoms with van der Waals surface area (Å²) in [5.74, 6) is -0.00326. The van der Waals surface area contributed by atoms with Crippen LogP contribution in [-0.2, 0) is 4.79 Å². The van der Waals surface area contributed by atoms with Crippen molar-refractivity contribution in [1.82, 2.24) is 10.2 Å². The third kappa shape index (κ3) is 5.30. The monoisotopic (exact) mass is 334 g/mol. The van der Waals surface area contributed by atoms with Crippen molar-refractivity contribution in [3.8, 4) is 0 Å². The van der Waals surface area contributed by atoms with Crippen LogP contribution in [0.1, 0.15) is 30.4 Å². The Morgan fingerprint density at radius 1 is 0.960 bits per heavy atom. The van der Waals surface area contributed by atoms with Crippen LogP contribution >= 0.6 is 0 Å². The molecule has 1 fully saturated rings. The fraction of sp³-hybridized carbons (Fsp3) is 0.318. The van der Waals surface area contributed by atoms with Crippen molar-refractivity contribution in [2.24, 2.45) is 0 Å². The molecule has 0 radical (unpaired) electrons. The highest BCUT2D eigenvalue weighted by molar-refractivity contribution is 6.24. The van der Waals surface area contributed by atoms with Gasteiger partial charge in [0.1, 0.15) is 0 Å². The Labute approximate surface area is 150 Å². The van der Waals surface area contributed by atoms with Crippen LogP contribution in [0.3, 0.4) is 0 Å². The molecule has 25 heavy (non-hydrogen) atoms. The minimum absolute atomic E-state index is 0.00326. The summed E-state index contributed by atoms with van der Waals surface area (Å²) in [5, 5.41) is 3.09. The molecule has 1 amide bonds. The molecule has 0 bridgehead atoms. The van der Waals surface area contributed by atoms with E-state index in [9.17, 15) is 4.79 Å². The average Bonchev–Trinajstić information content (AvgIpc) is 3.18. The van der Waals surface area contributed by atoms with Crippen LogP contribution in [0.2, 0.25) is 0 Å². The first kappa shape index (κ1) is 17.4. The molecule has 1 saturated heterocycles. The van der Waals surface area contributed by atoms with Crippen LogP contribution in [0, 0.1) is 0 Å². The van der Waals surface area contributed by atoms with Gasteiger partial charge in [-0.1, -0.05) is 60.7 Å². The summed E-state index contributed by atoms with van der Waals surface area (Å²) >= 11 is 0. The molecule has 0 unspecified atom stereocenters. The molecule has 2 aromatic rings. The van der Waals surface area contributed by atoms with Gasteiger partial charge < -0.3 is 10.2 Å². The van der Waals surface area contributed by atoms with Gasteiger partial charge in [0.05, 0.1) is 0 Å². The van der Waals surface area contributed by atoms with Crippen molar-refractivity contribution in [2.45, 2.75) is 19.3 Å². The molecule has 0 spiro atoms. The molecule has 0 aromatic heterocycles. The van der Waals surface area contributed by atoms with Crippen LogP contribution in [0.5, 0.6) is 0 Å². The molecular weight excluding hydrogens is 308 g/mol. The highest BCUT2D eigenvalue weighted by Gasteiger charge is 2.13. The van der Waals surface area contributed by atoms with Gasteiger partial charge in [0, 0.05) is 12.1 Å². The molecule has 3 nitrogen and oxygen atoms in total. The van der Waals surface area contributed by atoms with Gasteiger partial charge in [-0.25, -0.2) is 0 Å². The number of hydrogen-bond acceptors (Lipinski definition) is 2. The molecule has 1 aliphatic heterocycles. The largest absolute Gasteiger partial charge is 0.352 e. The predicted octanol–water partition coefficient (Wildman–Crippen LogP) is 3.83. The summed E-state index contributed by atoms with van der Waals surface area (Å²) in [7, 11) is 0. The summed E-state index contributed by atoms with van der Waals surface area (Å²) in [6, 6.07) is 19.9. The van der Waals surface area contributed by atoms with Crippen molar-refractivity contribution in [3.63, 3.8) is 0 Å². The first-order chi connectivity index (χ1) is 12.3. The van der Waals surface area contributed by atoms with E-state index in [1.807, 2.05) is 66.7 Å². The maximum Gasteiger partial charge on any atom is 0.251 e. The molecule has 1 aliphatic rings. The molecule has 0 aliphatic carbocycles. The summed E-state index contributed by atoms with van der Waals surface area (Å²) in [4.78, 5) is 15.2. The highest BCUT2D eigenvalue weighted by atomic mass is 16.1. The van der Waals surface area contributed by atoms with E-state index in [0.29, 0.717) is 12.1 Å². The number of rotatable bonds is 7. The van der Waals surface area contributed by atoms with E-state index >= 15 is 0 Å². The highest BCUT2D eigenvalue weighted by Crippen LogP contribution is 2.18.